The first-order valence-electron chi connectivity index (χ1n) is 15.7. The molecule has 1 saturated heterocycles. The predicted octanol–water partition coefficient (Wildman–Crippen LogP) is 4.31. The van der Waals surface area contributed by atoms with Gasteiger partial charge in [0.25, 0.3) is 21.8 Å². The number of carbonyl (C=O) groups excluding carboxylic acids is 2. The van der Waals surface area contributed by atoms with Crippen molar-refractivity contribution in [2.75, 3.05) is 57.5 Å². The number of ether oxygens (including phenoxy) is 4. The Labute approximate surface area is 278 Å². The molecule has 0 radical (unpaired) electrons. The zero-order chi connectivity index (χ0) is 32.4. The zero-order valence-electron chi connectivity index (χ0n) is 27.3. The SMILES string of the molecule is CCOc1ccc2c(c1)C1(CCC(OCCN3CCOCC3)CC1)C(=O)N2S(=O)(=O)c1ccc(C(=O)NC(C)(C)C)cc1OC.Cl. The first kappa shape index (κ1) is 35.9. The largest absolute Gasteiger partial charge is 0.495 e. The Kier molecular flexibility index (Phi) is 11.3. The van der Waals surface area contributed by atoms with E-state index < -0.39 is 26.9 Å². The van der Waals surface area contributed by atoms with E-state index in [0.29, 0.717) is 55.9 Å². The quantitative estimate of drug-likeness (QED) is 0.391. The van der Waals surface area contributed by atoms with E-state index >= 15 is 0 Å². The molecule has 11 nitrogen and oxygen atoms in total. The summed E-state index contributed by atoms with van der Waals surface area (Å²) in [7, 11) is -3.08. The third-order valence-electron chi connectivity index (χ3n) is 8.69. The molecular weight excluding hydrogens is 634 g/mol. The van der Waals surface area contributed by atoms with Gasteiger partial charge in [-0.05, 0) is 95.3 Å². The van der Waals surface area contributed by atoms with Gasteiger partial charge in [0.1, 0.15) is 16.4 Å². The summed E-state index contributed by atoms with van der Waals surface area (Å²) in [6.07, 6.45) is 2.14. The molecule has 3 aliphatic rings. The van der Waals surface area contributed by atoms with Crippen LogP contribution in [0.25, 0.3) is 0 Å². The fraction of sp³-hybridized carbons (Fsp3) is 0.576. The van der Waals surface area contributed by atoms with Crippen molar-refractivity contribution in [1.29, 1.82) is 0 Å². The molecule has 0 bridgehead atoms. The van der Waals surface area contributed by atoms with Crippen molar-refractivity contribution in [3.05, 3.63) is 47.5 Å². The van der Waals surface area contributed by atoms with Crippen molar-refractivity contribution < 1.29 is 37.0 Å². The number of rotatable bonds is 10. The second kappa shape index (κ2) is 14.5. The number of nitrogens with zero attached hydrogens (tertiary/aromatic N) is 2. The van der Waals surface area contributed by atoms with Gasteiger partial charge in [-0.15, -0.1) is 12.4 Å². The molecule has 2 aromatic carbocycles. The van der Waals surface area contributed by atoms with Gasteiger partial charge in [-0.3, -0.25) is 14.5 Å². The minimum atomic E-state index is -4.42. The van der Waals surface area contributed by atoms with Gasteiger partial charge in [-0.1, -0.05) is 0 Å². The van der Waals surface area contributed by atoms with Crippen LogP contribution >= 0.6 is 12.4 Å². The van der Waals surface area contributed by atoms with Crippen molar-refractivity contribution >= 4 is 39.9 Å². The van der Waals surface area contributed by atoms with Crippen molar-refractivity contribution in [2.45, 2.75) is 75.3 Å². The summed E-state index contributed by atoms with van der Waals surface area (Å²) >= 11 is 0. The smallest absolute Gasteiger partial charge is 0.274 e. The number of benzene rings is 2. The maximum atomic E-state index is 14.4. The van der Waals surface area contributed by atoms with Gasteiger partial charge in [0.2, 0.25) is 0 Å². The normalized spacial score (nSPS) is 21.9. The first-order valence-corrected chi connectivity index (χ1v) is 17.1. The van der Waals surface area contributed by atoms with Crippen LogP contribution in [-0.4, -0.2) is 89.9 Å². The van der Waals surface area contributed by atoms with Gasteiger partial charge in [0.05, 0.1) is 50.7 Å². The van der Waals surface area contributed by atoms with E-state index in [9.17, 15) is 18.0 Å². The number of sulfonamides is 1. The molecule has 1 N–H and O–H groups in total. The van der Waals surface area contributed by atoms with E-state index in [2.05, 4.69) is 10.2 Å². The Morgan fingerprint density at radius 2 is 1.78 bits per heavy atom. The molecule has 2 fully saturated rings. The van der Waals surface area contributed by atoms with Crippen LogP contribution in [0.2, 0.25) is 0 Å². The van der Waals surface area contributed by atoms with Crippen LogP contribution in [0.4, 0.5) is 5.69 Å². The summed E-state index contributed by atoms with van der Waals surface area (Å²) in [5.74, 6) is -0.290. The number of fused-ring (bicyclic) bond motifs is 2. The predicted molar refractivity (Wildman–Crippen MR) is 177 cm³/mol. The molecule has 254 valence electrons. The molecule has 1 aliphatic carbocycles. The minimum Gasteiger partial charge on any atom is -0.495 e. The van der Waals surface area contributed by atoms with Crippen LogP contribution in [0.15, 0.2) is 41.3 Å². The van der Waals surface area contributed by atoms with E-state index in [1.165, 1.54) is 25.3 Å². The number of methoxy groups -OCH3 is 1. The summed E-state index contributed by atoms with van der Waals surface area (Å²) in [6, 6.07) is 9.30. The van der Waals surface area contributed by atoms with Gasteiger partial charge in [0, 0.05) is 30.7 Å². The molecule has 1 spiro atoms. The Balaban J connectivity index is 0.00000480. The van der Waals surface area contributed by atoms with E-state index in [1.54, 1.807) is 12.1 Å². The molecule has 2 heterocycles. The molecule has 2 aromatic rings. The summed E-state index contributed by atoms with van der Waals surface area (Å²) in [4.78, 5) is 29.4. The van der Waals surface area contributed by atoms with E-state index in [-0.39, 0.29) is 40.6 Å². The highest BCUT2D eigenvalue weighted by molar-refractivity contribution is 7.93. The Morgan fingerprint density at radius 3 is 2.41 bits per heavy atom. The second-order valence-corrected chi connectivity index (χ2v) is 14.6. The first-order chi connectivity index (χ1) is 21.4. The zero-order valence-corrected chi connectivity index (χ0v) is 28.9. The third kappa shape index (κ3) is 7.31. The summed E-state index contributed by atoms with van der Waals surface area (Å²) < 4.78 is 52.5. The number of anilines is 1. The van der Waals surface area contributed by atoms with Crippen LogP contribution in [-0.2, 0) is 29.7 Å². The van der Waals surface area contributed by atoms with E-state index in [4.69, 9.17) is 18.9 Å². The van der Waals surface area contributed by atoms with Gasteiger partial charge in [0.15, 0.2) is 0 Å². The molecule has 0 aromatic heterocycles. The number of hydrogen-bond donors (Lipinski definition) is 1. The highest BCUT2D eigenvalue weighted by atomic mass is 35.5. The van der Waals surface area contributed by atoms with Crippen molar-refractivity contribution in [2.24, 2.45) is 0 Å². The second-order valence-electron chi connectivity index (χ2n) is 12.9. The van der Waals surface area contributed by atoms with Crippen LogP contribution < -0.4 is 19.1 Å². The van der Waals surface area contributed by atoms with Gasteiger partial charge >= 0.3 is 0 Å². The maximum Gasteiger partial charge on any atom is 0.274 e. The highest BCUT2D eigenvalue weighted by Crippen LogP contribution is 2.53. The molecule has 2 aliphatic heterocycles. The molecule has 1 saturated carbocycles. The van der Waals surface area contributed by atoms with Gasteiger partial charge in [-0.2, -0.15) is 0 Å². The maximum absolute atomic E-state index is 14.4. The summed E-state index contributed by atoms with van der Waals surface area (Å²) in [6.45, 7) is 12.6. The topological polar surface area (TPSA) is 124 Å². The lowest BCUT2D eigenvalue weighted by atomic mass is 9.69. The number of carbonyl (C=O) groups is 2. The Bertz CT molecular complexity index is 1510. The number of nitrogens with one attached hydrogen (secondary N) is 1. The fourth-order valence-corrected chi connectivity index (χ4v) is 8.07. The molecular formula is C33H46ClN3O8S. The summed E-state index contributed by atoms with van der Waals surface area (Å²) in [5, 5.41) is 2.87. The Hall–Kier alpha value is -2.90. The van der Waals surface area contributed by atoms with Gasteiger partial charge < -0.3 is 24.3 Å². The minimum absolute atomic E-state index is 0. The number of hydrogen-bond acceptors (Lipinski definition) is 9. The van der Waals surface area contributed by atoms with Crippen molar-refractivity contribution in [1.82, 2.24) is 10.2 Å². The van der Waals surface area contributed by atoms with Crippen LogP contribution in [0.5, 0.6) is 11.5 Å². The standard InChI is InChI=1S/C33H45N3O8S.ClH/c1-6-43-25-8-9-27-26(22-25)33(13-11-24(12-14-33)44-20-17-35-15-18-42-19-16-35)31(38)36(27)45(39,40)29-10-7-23(21-28(29)41-5)30(37)34-32(2,3)4;/h7-10,21-22,24H,6,11-20H2,1-5H3,(H,34,37);1H. The van der Waals surface area contributed by atoms with Crippen LogP contribution in [0.3, 0.4) is 0 Å². The average Bonchev–Trinajstić information content (AvgIpc) is 3.24. The fourth-order valence-electron chi connectivity index (χ4n) is 6.43. The molecule has 13 heteroatoms. The Morgan fingerprint density at radius 1 is 1.09 bits per heavy atom. The lowest BCUT2D eigenvalue weighted by Gasteiger charge is -2.36. The number of morpholine rings is 1. The van der Waals surface area contributed by atoms with E-state index in [1.807, 2.05) is 33.8 Å². The third-order valence-corrected chi connectivity index (χ3v) is 10.4. The van der Waals surface area contributed by atoms with E-state index in [0.717, 1.165) is 37.2 Å². The van der Waals surface area contributed by atoms with Crippen molar-refractivity contribution in [3.8, 4) is 11.5 Å². The average molecular weight is 680 g/mol. The van der Waals surface area contributed by atoms with Gasteiger partial charge in [-0.25, -0.2) is 12.7 Å². The molecule has 0 atom stereocenters. The van der Waals surface area contributed by atoms with Crippen molar-refractivity contribution in [3.63, 3.8) is 0 Å². The molecule has 5 rings (SSSR count). The summed E-state index contributed by atoms with van der Waals surface area (Å²) in [5.41, 5.74) is -0.305. The number of amides is 2. The molecule has 0 unspecified atom stereocenters. The monoisotopic (exact) mass is 679 g/mol. The molecule has 2 amide bonds. The molecule has 46 heavy (non-hydrogen) atoms. The van der Waals surface area contributed by atoms with Crippen LogP contribution in [0, 0.1) is 0 Å². The lowest BCUT2D eigenvalue weighted by Crippen LogP contribution is -2.46. The lowest BCUT2D eigenvalue weighted by molar-refractivity contribution is -0.124. The number of halogens is 1. The van der Waals surface area contributed by atoms with Crippen LogP contribution in [0.1, 0.15) is 69.3 Å². The highest BCUT2D eigenvalue weighted by Gasteiger charge is 2.56.